The van der Waals surface area contributed by atoms with Gasteiger partial charge in [-0.05, 0) is 50.6 Å². The number of nitrogens with two attached hydrogens (primary N) is 1. The molecule has 0 atom stereocenters. The van der Waals surface area contributed by atoms with Gasteiger partial charge in [-0.1, -0.05) is 0 Å². The minimum Gasteiger partial charge on any atom is -0.326 e. The van der Waals surface area contributed by atoms with Crippen molar-refractivity contribution >= 4 is 22.7 Å². The molecule has 2 rings (SSSR count). The van der Waals surface area contributed by atoms with Crippen molar-refractivity contribution in [1.82, 2.24) is 4.98 Å². The van der Waals surface area contributed by atoms with Crippen LogP contribution in [0, 0.1) is 6.92 Å². The zero-order valence-electron chi connectivity index (χ0n) is 10.5. The Morgan fingerprint density at radius 2 is 2.12 bits per heavy atom. The van der Waals surface area contributed by atoms with E-state index in [4.69, 9.17) is 5.73 Å². The highest BCUT2D eigenvalue weighted by atomic mass is 32.1. The predicted octanol–water partition coefficient (Wildman–Crippen LogP) is 3.85. The monoisotopic (exact) mass is 266 g/mol. The molecule has 0 amide bonds. The Hall–Kier alpha value is -0.710. The molecule has 2 nitrogen and oxygen atoms in total. The van der Waals surface area contributed by atoms with E-state index in [1.54, 1.807) is 22.7 Å². The molecule has 0 aromatic carbocycles. The molecule has 17 heavy (non-hydrogen) atoms. The van der Waals surface area contributed by atoms with Crippen molar-refractivity contribution in [2.75, 3.05) is 0 Å². The lowest BCUT2D eigenvalue weighted by Crippen LogP contribution is -2.32. The van der Waals surface area contributed by atoms with Crippen molar-refractivity contribution < 1.29 is 0 Å². The summed E-state index contributed by atoms with van der Waals surface area (Å²) < 4.78 is 0. The van der Waals surface area contributed by atoms with Gasteiger partial charge in [0.15, 0.2) is 0 Å². The summed E-state index contributed by atoms with van der Waals surface area (Å²) in [5, 5.41) is 5.41. The van der Waals surface area contributed by atoms with E-state index in [1.165, 1.54) is 10.4 Å². The van der Waals surface area contributed by atoms with Crippen LogP contribution in [-0.2, 0) is 6.42 Å². The lowest BCUT2D eigenvalue weighted by molar-refractivity contribution is 0.475. The summed E-state index contributed by atoms with van der Waals surface area (Å²) in [7, 11) is 0. The molecule has 0 aliphatic rings. The average molecular weight is 266 g/mol. The number of thiophene rings is 1. The molecule has 0 aliphatic carbocycles. The molecule has 0 spiro atoms. The fourth-order valence-corrected chi connectivity index (χ4v) is 3.52. The topological polar surface area (TPSA) is 38.9 Å². The van der Waals surface area contributed by atoms with Crippen molar-refractivity contribution in [2.45, 2.75) is 39.2 Å². The number of nitrogens with zero attached hydrogens (tertiary/aromatic N) is 1. The largest absolute Gasteiger partial charge is 0.326 e. The summed E-state index contributed by atoms with van der Waals surface area (Å²) in [4.78, 5) is 5.99. The second-order valence-electron chi connectivity index (χ2n) is 5.07. The van der Waals surface area contributed by atoms with E-state index in [1.807, 2.05) is 0 Å². The second-order valence-corrected chi connectivity index (χ2v) is 6.84. The van der Waals surface area contributed by atoms with Crippen LogP contribution < -0.4 is 5.73 Å². The highest BCUT2D eigenvalue weighted by Gasteiger charge is 2.13. The molecule has 0 unspecified atom stereocenters. The highest BCUT2D eigenvalue weighted by molar-refractivity contribution is 7.20. The van der Waals surface area contributed by atoms with E-state index in [0.29, 0.717) is 0 Å². The number of thiazole rings is 1. The van der Waals surface area contributed by atoms with Crippen molar-refractivity contribution in [2.24, 2.45) is 5.73 Å². The normalized spacial score (nSPS) is 12.0. The van der Waals surface area contributed by atoms with E-state index in [0.717, 1.165) is 23.5 Å². The van der Waals surface area contributed by atoms with Gasteiger partial charge in [-0.25, -0.2) is 4.98 Å². The van der Waals surface area contributed by atoms with Crippen LogP contribution >= 0.6 is 22.7 Å². The minimum absolute atomic E-state index is 0.109. The van der Waals surface area contributed by atoms with Crippen molar-refractivity contribution in [3.8, 4) is 9.88 Å². The van der Waals surface area contributed by atoms with E-state index in [9.17, 15) is 0 Å². The van der Waals surface area contributed by atoms with Crippen LogP contribution in [0.25, 0.3) is 9.88 Å². The predicted molar refractivity (Wildman–Crippen MR) is 76.8 cm³/mol. The molecule has 2 aromatic rings. The molecule has 92 valence electrons. The summed E-state index contributed by atoms with van der Waals surface area (Å²) in [6.45, 7) is 6.25. The first-order valence-electron chi connectivity index (χ1n) is 5.73. The number of hydrogen-bond acceptors (Lipinski definition) is 4. The number of aryl methyl sites for hydroxylation is 2. The van der Waals surface area contributed by atoms with Crippen LogP contribution in [0.3, 0.4) is 0 Å². The van der Waals surface area contributed by atoms with Crippen LogP contribution in [0.4, 0.5) is 0 Å². The van der Waals surface area contributed by atoms with Gasteiger partial charge in [0.2, 0.25) is 0 Å². The quantitative estimate of drug-likeness (QED) is 0.913. The fraction of sp³-hybridized carbons (Fsp3) is 0.462. The molecular weight excluding hydrogens is 248 g/mol. The Morgan fingerprint density at radius 3 is 2.71 bits per heavy atom. The first kappa shape index (κ1) is 12.7. The van der Waals surface area contributed by atoms with Gasteiger partial charge in [0, 0.05) is 10.9 Å². The maximum absolute atomic E-state index is 5.99. The Kier molecular flexibility index (Phi) is 3.66. The van der Waals surface area contributed by atoms with Crippen LogP contribution in [0.15, 0.2) is 16.8 Å². The van der Waals surface area contributed by atoms with Crippen LogP contribution in [0.2, 0.25) is 0 Å². The van der Waals surface area contributed by atoms with Gasteiger partial charge in [0.1, 0.15) is 5.01 Å². The zero-order valence-corrected chi connectivity index (χ0v) is 12.1. The first-order chi connectivity index (χ1) is 7.96. The number of aromatic nitrogens is 1. The van der Waals surface area contributed by atoms with Gasteiger partial charge >= 0.3 is 0 Å². The molecule has 0 aliphatic heterocycles. The molecule has 0 saturated carbocycles. The standard InChI is InChI=1S/C13H18N2S2/c1-9-5-7-16-11(9)12-15-10(8-17-12)4-6-13(2,3)14/h5,7-8H,4,6,14H2,1-3H3. The molecular formula is C13H18N2S2. The summed E-state index contributed by atoms with van der Waals surface area (Å²) >= 11 is 3.49. The molecule has 4 heteroatoms. The van der Waals surface area contributed by atoms with Crippen LogP contribution in [0.5, 0.6) is 0 Å². The second kappa shape index (κ2) is 4.88. The van der Waals surface area contributed by atoms with E-state index in [-0.39, 0.29) is 5.54 Å². The minimum atomic E-state index is -0.109. The molecule has 0 fully saturated rings. The van der Waals surface area contributed by atoms with Gasteiger partial charge in [0.25, 0.3) is 0 Å². The lowest BCUT2D eigenvalue weighted by atomic mass is 9.99. The Balaban J connectivity index is 2.09. The van der Waals surface area contributed by atoms with Crippen molar-refractivity contribution in [1.29, 1.82) is 0 Å². The third-order valence-corrected chi connectivity index (χ3v) is 4.69. The fourth-order valence-electron chi connectivity index (χ4n) is 1.57. The van der Waals surface area contributed by atoms with Crippen molar-refractivity contribution in [3.05, 3.63) is 28.1 Å². The summed E-state index contributed by atoms with van der Waals surface area (Å²) in [5.41, 5.74) is 8.36. The maximum atomic E-state index is 5.99. The smallest absolute Gasteiger partial charge is 0.133 e. The molecule has 2 heterocycles. The third kappa shape index (κ3) is 3.37. The summed E-state index contributed by atoms with van der Waals surface area (Å²) in [6.07, 6.45) is 1.93. The molecule has 0 radical (unpaired) electrons. The van der Waals surface area contributed by atoms with E-state index >= 15 is 0 Å². The molecule has 0 bridgehead atoms. The Bertz CT molecular complexity index is 491. The molecule has 2 N–H and O–H groups in total. The number of hydrogen-bond donors (Lipinski definition) is 1. The highest BCUT2D eigenvalue weighted by Crippen LogP contribution is 2.31. The number of rotatable bonds is 4. The Morgan fingerprint density at radius 1 is 1.35 bits per heavy atom. The van der Waals surface area contributed by atoms with Gasteiger partial charge < -0.3 is 5.73 Å². The summed E-state index contributed by atoms with van der Waals surface area (Å²) in [5.74, 6) is 0. The van der Waals surface area contributed by atoms with E-state index in [2.05, 4.69) is 42.6 Å². The first-order valence-corrected chi connectivity index (χ1v) is 7.49. The van der Waals surface area contributed by atoms with Gasteiger partial charge in [-0.15, -0.1) is 22.7 Å². The van der Waals surface area contributed by atoms with Crippen LogP contribution in [-0.4, -0.2) is 10.5 Å². The van der Waals surface area contributed by atoms with Gasteiger partial charge in [0.05, 0.1) is 10.6 Å². The van der Waals surface area contributed by atoms with Crippen LogP contribution in [0.1, 0.15) is 31.5 Å². The zero-order chi connectivity index (χ0) is 12.5. The van der Waals surface area contributed by atoms with Crippen molar-refractivity contribution in [3.63, 3.8) is 0 Å². The van der Waals surface area contributed by atoms with Gasteiger partial charge in [-0.3, -0.25) is 0 Å². The molecule has 0 saturated heterocycles. The lowest BCUT2D eigenvalue weighted by Gasteiger charge is -2.16. The molecule has 2 aromatic heterocycles. The SMILES string of the molecule is Cc1ccsc1-c1nc(CCC(C)(C)N)cs1. The average Bonchev–Trinajstić information content (AvgIpc) is 2.81. The Labute approximate surface area is 111 Å². The van der Waals surface area contributed by atoms with E-state index < -0.39 is 0 Å². The van der Waals surface area contributed by atoms with Gasteiger partial charge in [-0.2, -0.15) is 0 Å². The third-order valence-electron chi connectivity index (χ3n) is 2.63. The summed E-state index contributed by atoms with van der Waals surface area (Å²) in [6, 6.07) is 2.14. The maximum Gasteiger partial charge on any atom is 0.133 e.